The monoisotopic (exact) mass is 401 g/mol. The Morgan fingerprint density at radius 1 is 1.35 bits per heavy atom. The number of guanidine groups is 1. The molecule has 3 N–H and O–H groups in total. The van der Waals surface area contributed by atoms with Crippen molar-refractivity contribution in [1.82, 2.24) is 20.3 Å². The van der Waals surface area contributed by atoms with Crippen LogP contribution < -0.4 is 15.4 Å². The summed E-state index contributed by atoms with van der Waals surface area (Å²) in [6.45, 7) is 6.37. The number of sulfonamides is 1. The lowest BCUT2D eigenvalue weighted by molar-refractivity contribution is 0.316. The van der Waals surface area contributed by atoms with E-state index in [-0.39, 0.29) is 12.3 Å². The van der Waals surface area contributed by atoms with Crippen molar-refractivity contribution in [3.63, 3.8) is 0 Å². The van der Waals surface area contributed by atoms with Crippen LogP contribution in [0.25, 0.3) is 0 Å². The predicted octanol–water partition coefficient (Wildman–Crippen LogP) is 1.52. The van der Waals surface area contributed by atoms with Gasteiger partial charge in [0.15, 0.2) is 5.96 Å². The van der Waals surface area contributed by atoms with Gasteiger partial charge < -0.3 is 10.6 Å². The fraction of sp³-hybridized carbons (Fsp3) is 0.765. The van der Waals surface area contributed by atoms with Crippen LogP contribution in [0.3, 0.4) is 0 Å². The number of aliphatic imine (C=N–C) groups is 1. The molecule has 0 radical (unpaired) electrons. The number of hydrogen-bond donors (Lipinski definition) is 3. The Balaban J connectivity index is 1.72. The number of nitrogens with one attached hydrogen (secondary N) is 3. The molecule has 1 heterocycles. The van der Waals surface area contributed by atoms with Gasteiger partial charge in [-0.05, 0) is 32.1 Å². The summed E-state index contributed by atoms with van der Waals surface area (Å²) in [7, 11) is -3.25. The minimum absolute atomic E-state index is 0.0165. The number of nitrogens with zero attached hydrogens (tertiary/aromatic N) is 2. The van der Waals surface area contributed by atoms with Crippen LogP contribution in [-0.2, 0) is 22.9 Å². The molecule has 1 aliphatic rings. The van der Waals surface area contributed by atoms with Crippen LogP contribution in [0, 0.1) is 5.92 Å². The third kappa shape index (κ3) is 7.59. The van der Waals surface area contributed by atoms with Crippen LogP contribution in [0.5, 0.6) is 0 Å². The third-order valence-corrected chi connectivity index (χ3v) is 6.90. The van der Waals surface area contributed by atoms with Crippen molar-refractivity contribution in [3.05, 3.63) is 16.1 Å². The van der Waals surface area contributed by atoms with Gasteiger partial charge in [0.25, 0.3) is 0 Å². The highest BCUT2D eigenvalue weighted by Gasteiger charge is 2.19. The SMILES string of the molecule is CCNC(=NCCS(=O)(=O)NCC1CCC1)NCCc1ncc(CC)s1. The summed E-state index contributed by atoms with van der Waals surface area (Å²) in [5, 5.41) is 7.49. The van der Waals surface area contributed by atoms with Gasteiger partial charge in [0.2, 0.25) is 10.0 Å². The molecule has 0 unspecified atom stereocenters. The first-order valence-corrected chi connectivity index (χ1v) is 11.9. The van der Waals surface area contributed by atoms with Gasteiger partial charge in [-0.25, -0.2) is 18.1 Å². The van der Waals surface area contributed by atoms with Crippen LogP contribution in [0.2, 0.25) is 0 Å². The molecule has 2 rings (SSSR count). The number of hydrogen-bond acceptors (Lipinski definition) is 5. The average Bonchev–Trinajstić information content (AvgIpc) is 3.01. The molecule has 0 amide bonds. The fourth-order valence-corrected chi connectivity index (χ4v) is 4.38. The quantitative estimate of drug-likeness (QED) is 0.386. The van der Waals surface area contributed by atoms with E-state index in [4.69, 9.17) is 0 Å². The van der Waals surface area contributed by atoms with Gasteiger partial charge in [0.05, 0.1) is 17.3 Å². The summed E-state index contributed by atoms with van der Waals surface area (Å²) >= 11 is 1.73. The Labute approximate surface area is 161 Å². The van der Waals surface area contributed by atoms with Gasteiger partial charge in [-0.1, -0.05) is 13.3 Å². The maximum Gasteiger partial charge on any atom is 0.213 e. The molecule has 1 aromatic rings. The highest BCUT2D eigenvalue weighted by atomic mass is 32.2. The Morgan fingerprint density at radius 3 is 2.77 bits per heavy atom. The molecule has 0 atom stereocenters. The molecule has 148 valence electrons. The second-order valence-electron chi connectivity index (χ2n) is 6.48. The number of aromatic nitrogens is 1. The largest absolute Gasteiger partial charge is 0.357 e. The highest BCUT2D eigenvalue weighted by Crippen LogP contribution is 2.25. The van der Waals surface area contributed by atoms with Gasteiger partial charge >= 0.3 is 0 Å². The van der Waals surface area contributed by atoms with Crippen LogP contribution in [-0.4, -0.2) is 51.3 Å². The van der Waals surface area contributed by atoms with E-state index < -0.39 is 10.0 Å². The van der Waals surface area contributed by atoms with Gasteiger partial charge in [0.1, 0.15) is 0 Å². The predicted molar refractivity (Wildman–Crippen MR) is 108 cm³/mol. The molecule has 1 saturated carbocycles. The summed E-state index contributed by atoms with van der Waals surface area (Å²) in [4.78, 5) is 10.1. The zero-order valence-electron chi connectivity index (χ0n) is 15.8. The molecule has 7 nitrogen and oxygen atoms in total. The van der Waals surface area contributed by atoms with Crippen molar-refractivity contribution < 1.29 is 8.42 Å². The van der Waals surface area contributed by atoms with E-state index in [1.165, 1.54) is 11.3 Å². The van der Waals surface area contributed by atoms with Gasteiger partial charge in [-0.2, -0.15) is 0 Å². The second kappa shape index (κ2) is 10.8. The topological polar surface area (TPSA) is 95.5 Å². The smallest absolute Gasteiger partial charge is 0.213 e. The molecule has 9 heteroatoms. The van der Waals surface area contributed by atoms with Crippen LogP contribution in [0.1, 0.15) is 43.0 Å². The summed E-state index contributed by atoms with van der Waals surface area (Å²) in [6, 6.07) is 0. The van der Waals surface area contributed by atoms with E-state index in [0.29, 0.717) is 18.4 Å². The van der Waals surface area contributed by atoms with Crippen LogP contribution in [0.15, 0.2) is 11.2 Å². The van der Waals surface area contributed by atoms with E-state index in [2.05, 4.69) is 32.3 Å². The van der Waals surface area contributed by atoms with Gasteiger partial charge in [0, 0.05) is 37.1 Å². The molecule has 0 aliphatic heterocycles. The van der Waals surface area contributed by atoms with Crippen molar-refractivity contribution in [2.45, 2.75) is 46.0 Å². The third-order valence-electron chi connectivity index (χ3n) is 4.37. The van der Waals surface area contributed by atoms with Gasteiger partial charge in [-0.15, -0.1) is 11.3 Å². The van der Waals surface area contributed by atoms with E-state index in [1.54, 1.807) is 11.3 Å². The zero-order valence-corrected chi connectivity index (χ0v) is 17.4. The molecule has 0 spiro atoms. The number of aryl methyl sites for hydroxylation is 1. The maximum absolute atomic E-state index is 12.0. The van der Waals surface area contributed by atoms with Crippen molar-refractivity contribution >= 4 is 27.3 Å². The normalized spacial score (nSPS) is 15.7. The van der Waals surface area contributed by atoms with E-state index in [0.717, 1.165) is 43.8 Å². The first kappa shape index (κ1) is 21.1. The molecule has 0 aromatic carbocycles. The van der Waals surface area contributed by atoms with Gasteiger partial charge in [-0.3, -0.25) is 4.99 Å². The second-order valence-corrected chi connectivity index (χ2v) is 9.60. The standard InChI is InChI=1S/C17H31N5O2S2/c1-3-15-13-21-16(25-15)8-9-19-17(18-4-2)20-10-11-26(23,24)22-12-14-6-5-7-14/h13-14,22H,3-12H2,1-2H3,(H2,18,19,20). The Morgan fingerprint density at radius 2 is 2.15 bits per heavy atom. The summed E-state index contributed by atoms with van der Waals surface area (Å²) in [5.41, 5.74) is 0. The Hall–Kier alpha value is -1.19. The molecular weight excluding hydrogens is 370 g/mol. The molecule has 1 aromatic heterocycles. The Bertz CT molecular complexity index is 668. The lowest BCUT2D eigenvalue weighted by Gasteiger charge is -2.25. The minimum atomic E-state index is -3.25. The molecule has 0 bridgehead atoms. The van der Waals surface area contributed by atoms with Crippen molar-refractivity contribution in [2.24, 2.45) is 10.9 Å². The maximum atomic E-state index is 12.0. The first-order chi connectivity index (χ1) is 12.5. The van der Waals surface area contributed by atoms with Crippen LogP contribution in [0.4, 0.5) is 0 Å². The van der Waals surface area contributed by atoms with Crippen LogP contribution >= 0.6 is 11.3 Å². The lowest BCUT2D eigenvalue weighted by atomic mass is 9.86. The van der Waals surface area contributed by atoms with E-state index in [1.807, 2.05) is 13.1 Å². The molecule has 0 saturated heterocycles. The fourth-order valence-electron chi connectivity index (χ4n) is 2.55. The molecular formula is C17H31N5O2S2. The Kier molecular flexibility index (Phi) is 8.80. The summed E-state index contributed by atoms with van der Waals surface area (Å²) in [5.74, 6) is 1.18. The lowest BCUT2D eigenvalue weighted by Crippen LogP contribution is -2.39. The van der Waals surface area contributed by atoms with Crippen molar-refractivity contribution in [2.75, 3.05) is 31.9 Å². The van der Waals surface area contributed by atoms with Crippen molar-refractivity contribution in [3.8, 4) is 0 Å². The highest BCUT2D eigenvalue weighted by molar-refractivity contribution is 7.89. The number of rotatable bonds is 11. The zero-order chi connectivity index (χ0) is 18.8. The molecule has 26 heavy (non-hydrogen) atoms. The number of thiazole rings is 1. The molecule has 1 fully saturated rings. The average molecular weight is 402 g/mol. The summed E-state index contributed by atoms with van der Waals surface area (Å²) < 4.78 is 26.7. The molecule has 1 aliphatic carbocycles. The first-order valence-electron chi connectivity index (χ1n) is 9.45. The summed E-state index contributed by atoms with van der Waals surface area (Å²) in [6.07, 6.45) is 7.26. The van der Waals surface area contributed by atoms with Crippen molar-refractivity contribution in [1.29, 1.82) is 0 Å². The minimum Gasteiger partial charge on any atom is -0.357 e. The van der Waals surface area contributed by atoms with E-state index in [9.17, 15) is 8.42 Å². The van der Waals surface area contributed by atoms with E-state index >= 15 is 0 Å².